The summed E-state index contributed by atoms with van der Waals surface area (Å²) < 4.78 is 22.4. The Labute approximate surface area is 107 Å². The smallest absolute Gasteiger partial charge is 0.343 e. The number of pyridine rings is 1. The summed E-state index contributed by atoms with van der Waals surface area (Å²) in [6, 6.07) is 2.53. The largest absolute Gasteiger partial charge is 0.466 e. The summed E-state index contributed by atoms with van der Waals surface area (Å²) in [6.07, 6.45) is 2.40. The molecule has 0 aromatic carbocycles. The Bertz CT molecular complexity index is 599. The first-order valence-corrected chi connectivity index (χ1v) is 5.20. The number of hydrogen-bond acceptors (Lipinski definition) is 6. The van der Waals surface area contributed by atoms with Crippen LogP contribution in [0, 0.1) is 5.82 Å². The molecular formula is C11H10FN3O4. The van der Waals surface area contributed by atoms with Crippen LogP contribution in [0.25, 0.3) is 11.3 Å². The van der Waals surface area contributed by atoms with Gasteiger partial charge in [-0.15, -0.1) is 0 Å². The fraction of sp³-hybridized carbons (Fsp3) is 0.182. The predicted molar refractivity (Wildman–Crippen MR) is 60.1 cm³/mol. The van der Waals surface area contributed by atoms with Crippen molar-refractivity contribution in [3.63, 3.8) is 0 Å². The van der Waals surface area contributed by atoms with Crippen LogP contribution in [-0.2, 0) is 9.53 Å². The maximum atomic E-state index is 13.0. The maximum absolute atomic E-state index is 13.0. The van der Waals surface area contributed by atoms with Gasteiger partial charge >= 0.3 is 5.97 Å². The Hall–Kier alpha value is -2.64. The molecule has 2 rings (SSSR count). The third-order valence-corrected chi connectivity index (χ3v) is 2.24. The second kappa shape index (κ2) is 5.34. The van der Waals surface area contributed by atoms with Crippen LogP contribution in [0.1, 0.15) is 0 Å². The number of nitrogens with zero attached hydrogens (tertiary/aromatic N) is 3. The van der Waals surface area contributed by atoms with Crippen molar-refractivity contribution in [3.05, 3.63) is 30.3 Å². The molecule has 19 heavy (non-hydrogen) atoms. The molecule has 0 fully saturated rings. The monoisotopic (exact) mass is 267 g/mol. The lowest BCUT2D eigenvalue weighted by Gasteiger charge is -1.98. The topological polar surface area (TPSA) is 86.5 Å². The molecule has 0 radical (unpaired) electrons. The van der Waals surface area contributed by atoms with Gasteiger partial charge < -0.3 is 14.7 Å². The molecule has 0 atom stereocenters. The van der Waals surface area contributed by atoms with E-state index in [-0.39, 0.29) is 18.2 Å². The van der Waals surface area contributed by atoms with Gasteiger partial charge in [-0.1, -0.05) is 9.94 Å². The van der Waals surface area contributed by atoms with Gasteiger partial charge in [0.25, 0.3) is 0 Å². The summed E-state index contributed by atoms with van der Waals surface area (Å²) in [7, 11) is 1.22. The Kier molecular flexibility index (Phi) is 3.60. The second-order valence-electron chi connectivity index (χ2n) is 3.51. The molecule has 0 amide bonds. The molecule has 0 saturated heterocycles. The predicted octanol–water partition coefficient (Wildman–Crippen LogP) is 0.873. The zero-order valence-electron chi connectivity index (χ0n) is 9.91. The van der Waals surface area contributed by atoms with Crippen molar-refractivity contribution in [1.82, 2.24) is 14.9 Å². The number of aromatic nitrogens is 3. The third-order valence-electron chi connectivity index (χ3n) is 2.24. The van der Waals surface area contributed by atoms with E-state index in [1.165, 1.54) is 25.4 Å². The Morgan fingerprint density at radius 1 is 1.47 bits per heavy atom. The summed E-state index contributed by atoms with van der Waals surface area (Å²) in [5.74, 6) is -1.12. The molecule has 2 aromatic heterocycles. The number of halogens is 1. The Morgan fingerprint density at radius 2 is 2.26 bits per heavy atom. The van der Waals surface area contributed by atoms with E-state index in [0.717, 1.165) is 6.20 Å². The van der Waals surface area contributed by atoms with Crippen LogP contribution in [0.2, 0.25) is 0 Å². The van der Waals surface area contributed by atoms with Crippen molar-refractivity contribution >= 4 is 5.97 Å². The number of esters is 1. The quantitative estimate of drug-likeness (QED) is 0.653. The molecule has 0 spiro atoms. The molecular weight excluding hydrogens is 257 g/mol. The van der Waals surface area contributed by atoms with E-state index in [9.17, 15) is 14.4 Å². The van der Waals surface area contributed by atoms with Gasteiger partial charge in [-0.2, -0.15) is 0 Å². The molecule has 2 aromatic rings. The minimum absolute atomic E-state index is 0.00663. The lowest BCUT2D eigenvalue weighted by atomic mass is 10.2. The molecule has 0 saturated carbocycles. The highest BCUT2D eigenvalue weighted by atomic mass is 19.1. The third kappa shape index (κ3) is 2.97. The highest BCUT2D eigenvalue weighted by Crippen LogP contribution is 2.22. The molecule has 0 bridgehead atoms. The molecule has 8 heteroatoms. The van der Waals surface area contributed by atoms with Gasteiger partial charge in [0, 0.05) is 17.8 Å². The molecule has 0 unspecified atom stereocenters. The number of rotatable bonds is 4. The van der Waals surface area contributed by atoms with E-state index in [2.05, 4.69) is 14.8 Å². The Balaban J connectivity index is 2.19. The molecule has 1 N–H and O–H groups in total. The van der Waals surface area contributed by atoms with E-state index in [0.29, 0.717) is 10.4 Å². The summed E-state index contributed by atoms with van der Waals surface area (Å²) in [5.41, 5.74) is 0.509. The second-order valence-corrected chi connectivity index (χ2v) is 3.51. The molecule has 0 aliphatic rings. The number of ether oxygens (including phenoxy) is 2. The average Bonchev–Trinajstić information content (AvgIpc) is 2.77. The lowest BCUT2D eigenvalue weighted by Crippen LogP contribution is -2.12. The van der Waals surface area contributed by atoms with Gasteiger partial charge in [0.15, 0.2) is 6.61 Å². The summed E-state index contributed by atoms with van der Waals surface area (Å²) >= 11 is 0. The normalized spacial score (nSPS) is 10.2. The van der Waals surface area contributed by atoms with Crippen molar-refractivity contribution in [1.29, 1.82) is 0 Å². The van der Waals surface area contributed by atoms with E-state index in [4.69, 9.17) is 4.74 Å². The molecule has 2 heterocycles. The highest BCUT2D eigenvalue weighted by Gasteiger charge is 2.12. The van der Waals surface area contributed by atoms with Gasteiger partial charge in [0.1, 0.15) is 11.5 Å². The summed E-state index contributed by atoms with van der Waals surface area (Å²) in [4.78, 5) is 15.1. The lowest BCUT2D eigenvalue weighted by molar-refractivity contribution is -0.143. The van der Waals surface area contributed by atoms with Gasteiger partial charge in [-0.25, -0.2) is 9.18 Å². The molecule has 7 nitrogen and oxygen atoms in total. The summed E-state index contributed by atoms with van der Waals surface area (Å²) in [5, 5.41) is 13.2. The number of methoxy groups -OCH3 is 1. The zero-order chi connectivity index (χ0) is 13.8. The average molecular weight is 267 g/mol. The number of carbonyl (C=O) groups is 1. The Morgan fingerprint density at radius 3 is 2.95 bits per heavy atom. The first kappa shape index (κ1) is 12.8. The SMILES string of the molecule is COC(=O)COc1cc(-c2cncc(F)c2)n(O)n1. The van der Waals surface area contributed by atoms with Crippen molar-refractivity contribution in [3.8, 4) is 17.1 Å². The number of carbonyl (C=O) groups excluding carboxylic acids is 1. The standard InChI is InChI=1S/C11H10FN3O4/c1-18-11(16)6-19-10-3-9(15(17)14-10)7-2-8(12)5-13-4-7/h2-5,17H,6H2,1H3. The van der Waals surface area contributed by atoms with E-state index < -0.39 is 11.8 Å². The fourth-order valence-electron chi connectivity index (χ4n) is 1.36. The van der Waals surface area contributed by atoms with Gasteiger partial charge in [-0.05, 0) is 6.07 Å². The van der Waals surface area contributed by atoms with Crippen molar-refractivity contribution in [2.24, 2.45) is 0 Å². The van der Waals surface area contributed by atoms with Crippen LogP contribution in [0.3, 0.4) is 0 Å². The minimum Gasteiger partial charge on any atom is -0.466 e. The van der Waals surface area contributed by atoms with E-state index in [1.54, 1.807) is 0 Å². The first-order chi connectivity index (χ1) is 9.10. The first-order valence-electron chi connectivity index (χ1n) is 5.20. The van der Waals surface area contributed by atoms with Crippen molar-refractivity contribution in [2.75, 3.05) is 13.7 Å². The van der Waals surface area contributed by atoms with E-state index >= 15 is 0 Å². The molecule has 0 aliphatic carbocycles. The highest BCUT2D eigenvalue weighted by molar-refractivity contribution is 5.70. The van der Waals surface area contributed by atoms with Gasteiger partial charge in [0.05, 0.1) is 13.3 Å². The molecule has 0 aliphatic heterocycles. The van der Waals surface area contributed by atoms with Crippen LogP contribution in [0.4, 0.5) is 4.39 Å². The summed E-state index contributed by atoms with van der Waals surface area (Å²) in [6.45, 7) is -0.339. The van der Waals surface area contributed by atoms with Crippen molar-refractivity contribution < 1.29 is 23.9 Å². The van der Waals surface area contributed by atoms with Gasteiger partial charge in [0.2, 0.25) is 5.88 Å². The minimum atomic E-state index is -0.582. The van der Waals surface area contributed by atoms with Crippen LogP contribution >= 0.6 is 0 Å². The van der Waals surface area contributed by atoms with E-state index in [1.807, 2.05) is 0 Å². The molecule has 100 valence electrons. The van der Waals surface area contributed by atoms with Crippen LogP contribution in [0.15, 0.2) is 24.5 Å². The van der Waals surface area contributed by atoms with Crippen LogP contribution in [0.5, 0.6) is 5.88 Å². The number of hydrogen-bond donors (Lipinski definition) is 1. The van der Waals surface area contributed by atoms with Crippen LogP contribution in [-0.4, -0.2) is 39.8 Å². The van der Waals surface area contributed by atoms with Crippen molar-refractivity contribution in [2.45, 2.75) is 0 Å². The van der Waals surface area contributed by atoms with Crippen LogP contribution < -0.4 is 4.74 Å². The zero-order valence-corrected chi connectivity index (χ0v) is 9.91. The van der Waals surface area contributed by atoms with Gasteiger partial charge in [-0.3, -0.25) is 4.98 Å². The maximum Gasteiger partial charge on any atom is 0.343 e. The fourth-order valence-corrected chi connectivity index (χ4v) is 1.36.